The van der Waals surface area contributed by atoms with E-state index in [1.54, 1.807) is 6.26 Å². The van der Waals surface area contributed by atoms with E-state index in [1.165, 1.54) is 11.1 Å². The highest BCUT2D eigenvalue weighted by molar-refractivity contribution is 5.64. The van der Waals surface area contributed by atoms with Gasteiger partial charge < -0.3 is 4.42 Å². The number of rotatable bonds is 2. The van der Waals surface area contributed by atoms with Crippen LogP contribution in [-0.2, 0) is 0 Å². The monoisotopic (exact) mass is 150 g/mol. The van der Waals surface area contributed by atoms with Gasteiger partial charge in [-0.25, -0.2) is 0 Å². The van der Waals surface area contributed by atoms with Crippen molar-refractivity contribution >= 4 is 5.57 Å². The molecule has 0 bridgehead atoms. The van der Waals surface area contributed by atoms with Gasteiger partial charge >= 0.3 is 0 Å². The lowest BCUT2D eigenvalue weighted by molar-refractivity contribution is 0.533. The fourth-order valence-electron chi connectivity index (χ4n) is 1.21. The summed E-state index contributed by atoms with van der Waals surface area (Å²) < 4.78 is 5.19. The van der Waals surface area contributed by atoms with Crippen molar-refractivity contribution in [2.75, 3.05) is 0 Å². The predicted molar refractivity (Wildman–Crippen MR) is 47.4 cm³/mol. The van der Waals surface area contributed by atoms with Crippen molar-refractivity contribution in [3.63, 3.8) is 0 Å². The maximum absolute atomic E-state index is 5.19. The van der Waals surface area contributed by atoms with Crippen LogP contribution in [0.5, 0.6) is 0 Å². The van der Waals surface area contributed by atoms with Gasteiger partial charge in [0.15, 0.2) is 0 Å². The normalized spacial score (nSPS) is 12.1. The van der Waals surface area contributed by atoms with Crippen LogP contribution >= 0.6 is 0 Å². The molecule has 0 fully saturated rings. The molecule has 0 unspecified atom stereocenters. The lowest BCUT2D eigenvalue weighted by Gasteiger charge is -1.96. The van der Waals surface area contributed by atoms with Crippen molar-refractivity contribution in [3.8, 4) is 0 Å². The highest BCUT2D eigenvalue weighted by Gasteiger charge is 2.00. The molecule has 0 amide bonds. The van der Waals surface area contributed by atoms with E-state index in [0.717, 1.165) is 12.2 Å². The van der Waals surface area contributed by atoms with Gasteiger partial charge in [0.2, 0.25) is 0 Å². The molecule has 60 valence electrons. The summed E-state index contributed by atoms with van der Waals surface area (Å²) in [6.07, 6.45) is 5.02. The number of hydrogen-bond acceptors (Lipinski definition) is 1. The maximum atomic E-state index is 5.19. The van der Waals surface area contributed by atoms with Gasteiger partial charge in [-0.1, -0.05) is 13.0 Å². The zero-order chi connectivity index (χ0) is 8.27. The summed E-state index contributed by atoms with van der Waals surface area (Å²) in [5, 5.41) is 0. The quantitative estimate of drug-likeness (QED) is 0.629. The average Bonchev–Trinajstić information content (AvgIpc) is 2.36. The van der Waals surface area contributed by atoms with Gasteiger partial charge in [-0.05, 0) is 31.9 Å². The Morgan fingerprint density at radius 2 is 2.36 bits per heavy atom. The van der Waals surface area contributed by atoms with Gasteiger partial charge in [0, 0.05) is 5.56 Å². The topological polar surface area (TPSA) is 13.1 Å². The molecule has 1 rings (SSSR count). The second-order valence-electron chi connectivity index (χ2n) is 2.69. The van der Waals surface area contributed by atoms with Crippen molar-refractivity contribution in [1.82, 2.24) is 0 Å². The van der Waals surface area contributed by atoms with E-state index >= 15 is 0 Å². The van der Waals surface area contributed by atoms with Crippen molar-refractivity contribution in [2.24, 2.45) is 0 Å². The van der Waals surface area contributed by atoms with E-state index in [2.05, 4.69) is 19.9 Å². The lowest BCUT2D eigenvalue weighted by atomic mass is 10.1. The number of aryl methyl sites for hydroxylation is 1. The molecule has 1 aromatic rings. The summed E-state index contributed by atoms with van der Waals surface area (Å²) >= 11 is 0. The fraction of sp³-hybridized carbons (Fsp3) is 0.400. The van der Waals surface area contributed by atoms with Crippen molar-refractivity contribution in [3.05, 3.63) is 29.7 Å². The second kappa shape index (κ2) is 3.42. The number of furan rings is 1. The third kappa shape index (κ3) is 1.73. The van der Waals surface area contributed by atoms with Gasteiger partial charge in [-0.3, -0.25) is 0 Å². The van der Waals surface area contributed by atoms with Crippen molar-refractivity contribution in [2.45, 2.75) is 27.2 Å². The van der Waals surface area contributed by atoms with E-state index in [-0.39, 0.29) is 0 Å². The minimum atomic E-state index is 1.01. The highest BCUT2D eigenvalue weighted by atomic mass is 16.3. The molecule has 1 heterocycles. The smallest absolute Gasteiger partial charge is 0.108 e. The Morgan fingerprint density at radius 3 is 2.82 bits per heavy atom. The van der Waals surface area contributed by atoms with Crippen LogP contribution in [0.2, 0.25) is 0 Å². The van der Waals surface area contributed by atoms with Crippen LogP contribution in [0.25, 0.3) is 5.57 Å². The van der Waals surface area contributed by atoms with Crippen LogP contribution in [-0.4, -0.2) is 0 Å². The Kier molecular flexibility index (Phi) is 2.53. The number of hydrogen-bond donors (Lipinski definition) is 0. The molecular weight excluding hydrogens is 136 g/mol. The van der Waals surface area contributed by atoms with Crippen LogP contribution in [0.15, 0.2) is 22.8 Å². The predicted octanol–water partition coefficient (Wildman–Crippen LogP) is 3.40. The van der Waals surface area contributed by atoms with Gasteiger partial charge in [-0.2, -0.15) is 0 Å². The van der Waals surface area contributed by atoms with Gasteiger partial charge in [0.05, 0.1) is 6.26 Å². The first-order valence-corrected chi connectivity index (χ1v) is 3.97. The summed E-state index contributed by atoms with van der Waals surface area (Å²) in [5.41, 5.74) is 2.53. The molecular formula is C10H14O. The molecule has 0 aliphatic heterocycles. The third-order valence-corrected chi connectivity index (χ3v) is 1.79. The highest BCUT2D eigenvalue weighted by Crippen LogP contribution is 2.19. The Balaban J connectivity index is 2.92. The van der Waals surface area contributed by atoms with E-state index in [9.17, 15) is 0 Å². The SMILES string of the molecule is CCC=C(C)c1ccoc1C. The molecule has 1 heteroatoms. The summed E-state index contributed by atoms with van der Waals surface area (Å²) in [5.74, 6) is 1.01. The summed E-state index contributed by atoms with van der Waals surface area (Å²) in [6.45, 7) is 6.24. The summed E-state index contributed by atoms with van der Waals surface area (Å²) in [7, 11) is 0. The van der Waals surface area contributed by atoms with Crippen LogP contribution in [0.4, 0.5) is 0 Å². The molecule has 0 aliphatic carbocycles. The zero-order valence-electron chi connectivity index (χ0n) is 7.35. The molecule has 0 radical (unpaired) electrons. The first kappa shape index (κ1) is 8.12. The molecule has 11 heavy (non-hydrogen) atoms. The van der Waals surface area contributed by atoms with Crippen molar-refractivity contribution in [1.29, 1.82) is 0 Å². The van der Waals surface area contributed by atoms with Gasteiger partial charge in [0.1, 0.15) is 5.76 Å². The largest absolute Gasteiger partial charge is 0.469 e. The molecule has 0 spiro atoms. The molecule has 1 aromatic heterocycles. The average molecular weight is 150 g/mol. The molecule has 0 saturated carbocycles. The van der Waals surface area contributed by atoms with Crippen LogP contribution in [0.1, 0.15) is 31.6 Å². The van der Waals surface area contributed by atoms with E-state index in [4.69, 9.17) is 4.42 Å². The fourth-order valence-corrected chi connectivity index (χ4v) is 1.21. The standard InChI is InChI=1S/C10H14O/c1-4-5-8(2)10-6-7-11-9(10)3/h5-7H,4H2,1-3H3. The van der Waals surface area contributed by atoms with Gasteiger partial charge in [-0.15, -0.1) is 0 Å². The summed E-state index contributed by atoms with van der Waals surface area (Å²) in [6, 6.07) is 2.01. The van der Waals surface area contributed by atoms with Crippen molar-refractivity contribution < 1.29 is 4.42 Å². The Morgan fingerprint density at radius 1 is 1.64 bits per heavy atom. The second-order valence-corrected chi connectivity index (χ2v) is 2.69. The Hall–Kier alpha value is -0.980. The summed E-state index contributed by atoms with van der Waals surface area (Å²) in [4.78, 5) is 0. The van der Waals surface area contributed by atoms with Crippen LogP contribution in [0.3, 0.4) is 0 Å². The first-order chi connectivity index (χ1) is 5.25. The molecule has 1 nitrogen and oxygen atoms in total. The van der Waals surface area contributed by atoms with Crippen LogP contribution < -0.4 is 0 Å². The van der Waals surface area contributed by atoms with E-state index < -0.39 is 0 Å². The Labute approximate surface area is 67.7 Å². The van der Waals surface area contributed by atoms with E-state index in [0.29, 0.717) is 0 Å². The van der Waals surface area contributed by atoms with Crippen LogP contribution in [0, 0.1) is 6.92 Å². The minimum absolute atomic E-state index is 1.01. The first-order valence-electron chi connectivity index (χ1n) is 3.97. The maximum Gasteiger partial charge on any atom is 0.108 e. The minimum Gasteiger partial charge on any atom is -0.469 e. The lowest BCUT2D eigenvalue weighted by Crippen LogP contribution is -1.77. The number of allylic oxidation sites excluding steroid dienone is 2. The molecule has 0 aromatic carbocycles. The zero-order valence-corrected chi connectivity index (χ0v) is 7.35. The molecule has 0 N–H and O–H groups in total. The molecule has 0 atom stereocenters. The van der Waals surface area contributed by atoms with E-state index in [1.807, 2.05) is 13.0 Å². The Bertz CT molecular complexity index is 256. The third-order valence-electron chi connectivity index (χ3n) is 1.79. The van der Waals surface area contributed by atoms with Gasteiger partial charge in [0.25, 0.3) is 0 Å². The molecule has 0 saturated heterocycles. The molecule has 0 aliphatic rings.